The first-order valence-corrected chi connectivity index (χ1v) is 8.28. The van der Waals surface area contributed by atoms with E-state index in [-0.39, 0.29) is 0 Å². The van der Waals surface area contributed by atoms with E-state index in [2.05, 4.69) is 42.5 Å². The Morgan fingerprint density at radius 3 is 2.29 bits per heavy atom. The van der Waals surface area contributed by atoms with Gasteiger partial charge >= 0.3 is 0 Å². The second kappa shape index (κ2) is 5.12. The van der Waals surface area contributed by atoms with Gasteiger partial charge in [0.05, 0.1) is 5.02 Å². The van der Waals surface area contributed by atoms with E-state index in [4.69, 9.17) is 16.0 Å². The van der Waals surface area contributed by atoms with Crippen molar-refractivity contribution in [3.63, 3.8) is 0 Å². The summed E-state index contributed by atoms with van der Waals surface area (Å²) in [4.78, 5) is 0. The van der Waals surface area contributed by atoms with Gasteiger partial charge in [-0.15, -0.1) is 0 Å². The summed E-state index contributed by atoms with van der Waals surface area (Å²) in [5.74, 6) is 0. The molecule has 1 heterocycles. The molecule has 0 N–H and O–H groups in total. The van der Waals surface area contributed by atoms with Crippen molar-refractivity contribution in [3.8, 4) is 11.1 Å². The molecule has 0 radical (unpaired) electrons. The summed E-state index contributed by atoms with van der Waals surface area (Å²) >= 11 is 6.59. The maximum absolute atomic E-state index is 6.59. The molecule has 0 bridgehead atoms. The van der Waals surface area contributed by atoms with E-state index in [0.717, 1.165) is 48.9 Å². The molecule has 0 amide bonds. The maximum Gasteiger partial charge on any atom is 0.144 e. The van der Waals surface area contributed by atoms with Crippen LogP contribution in [0.2, 0.25) is 5.02 Å². The number of fused-ring (bicyclic) bond motifs is 5. The topological polar surface area (TPSA) is 13.1 Å². The van der Waals surface area contributed by atoms with E-state index < -0.39 is 0 Å². The second-order valence-corrected chi connectivity index (χ2v) is 6.34. The lowest BCUT2D eigenvalue weighted by molar-refractivity contribution is 0.674. The van der Waals surface area contributed by atoms with Crippen molar-refractivity contribution >= 4 is 44.3 Å². The van der Waals surface area contributed by atoms with Gasteiger partial charge in [0.15, 0.2) is 0 Å². The van der Waals surface area contributed by atoms with Crippen LogP contribution in [0.25, 0.3) is 43.8 Å². The monoisotopic (exact) mass is 328 g/mol. The van der Waals surface area contributed by atoms with Gasteiger partial charge in [-0.05, 0) is 17.0 Å². The van der Waals surface area contributed by atoms with Crippen molar-refractivity contribution in [2.45, 2.75) is 0 Å². The van der Waals surface area contributed by atoms with Gasteiger partial charge < -0.3 is 4.42 Å². The quantitative estimate of drug-likeness (QED) is 0.321. The standard InChI is InChI=1S/C22H13ClO/c23-19-13-15-9-4-5-10-17(15)22-20(19)18-12-6-11-16(21(18)24-22)14-7-2-1-3-8-14/h1-13H. The summed E-state index contributed by atoms with van der Waals surface area (Å²) in [5.41, 5.74) is 3.97. The normalized spacial score (nSPS) is 11.5. The average Bonchev–Trinajstić information content (AvgIpc) is 3.03. The highest BCUT2D eigenvalue weighted by Crippen LogP contribution is 2.41. The van der Waals surface area contributed by atoms with E-state index in [1.54, 1.807) is 0 Å². The molecule has 0 aliphatic heterocycles. The SMILES string of the molecule is Clc1cc2ccccc2c2oc3c(-c4ccccc4)cccc3c12. The highest BCUT2D eigenvalue weighted by molar-refractivity contribution is 6.40. The van der Waals surface area contributed by atoms with Crippen molar-refractivity contribution in [2.24, 2.45) is 0 Å². The van der Waals surface area contributed by atoms with Crippen LogP contribution in [0.5, 0.6) is 0 Å². The molecule has 24 heavy (non-hydrogen) atoms. The molecular formula is C22H13ClO. The highest BCUT2D eigenvalue weighted by Gasteiger charge is 2.16. The number of rotatable bonds is 1. The summed E-state index contributed by atoms with van der Waals surface area (Å²) in [5, 5.41) is 4.96. The molecule has 5 aromatic rings. The Labute approximate surface area is 144 Å². The predicted octanol–water partition coefficient (Wildman–Crippen LogP) is 7.06. The number of hydrogen-bond acceptors (Lipinski definition) is 1. The van der Waals surface area contributed by atoms with E-state index in [9.17, 15) is 0 Å². The number of halogens is 1. The Hall–Kier alpha value is -2.77. The number of benzene rings is 4. The molecule has 4 aromatic carbocycles. The molecule has 1 aromatic heterocycles. The van der Waals surface area contributed by atoms with Crippen LogP contribution in [0.15, 0.2) is 83.3 Å². The fourth-order valence-electron chi connectivity index (χ4n) is 3.43. The van der Waals surface area contributed by atoms with Crippen molar-refractivity contribution in [1.29, 1.82) is 0 Å². The Morgan fingerprint density at radius 2 is 1.42 bits per heavy atom. The maximum atomic E-state index is 6.59. The van der Waals surface area contributed by atoms with Crippen LogP contribution in [-0.2, 0) is 0 Å². The summed E-state index contributed by atoms with van der Waals surface area (Å²) in [6.45, 7) is 0. The van der Waals surface area contributed by atoms with Crippen LogP contribution >= 0.6 is 11.6 Å². The third-order valence-electron chi connectivity index (χ3n) is 4.53. The Kier molecular flexibility index (Phi) is 2.91. The van der Waals surface area contributed by atoms with Gasteiger partial charge in [0.1, 0.15) is 11.2 Å². The second-order valence-electron chi connectivity index (χ2n) is 5.93. The van der Waals surface area contributed by atoms with Gasteiger partial charge in [0, 0.05) is 21.7 Å². The van der Waals surface area contributed by atoms with Crippen LogP contribution < -0.4 is 0 Å². The molecular weight excluding hydrogens is 316 g/mol. The fraction of sp³-hybridized carbons (Fsp3) is 0. The summed E-state index contributed by atoms with van der Waals surface area (Å²) < 4.78 is 6.35. The van der Waals surface area contributed by atoms with Crippen LogP contribution in [0, 0.1) is 0 Å². The molecule has 0 saturated heterocycles. The first-order valence-electron chi connectivity index (χ1n) is 7.91. The van der Waals surface area contributed by atoms with Gasteiger partial charge in [0.2, 0.25) is 0 Å². The van der Waals surface area contributed by atoms with Crippen LogP contribution in [-0.4, -0.2) is 0 Å². The largest absolute Gasteiger partial charge is 0.455 e. The molecule has 0 fully saturated rings. The molecule has 2 heteroatoms. The minimum Gasteiger partial charge on any atom is -0.455 e. The van der Waals surface area contributed by atoms with Crippen LogP contribution in [0.3, 0.4) is 0 Å². The third kappa shape index (κ3) is 1.88. The predicted molar refractivity (Wildman–Crippen MR) is 102 cm³/mol. The van der Waals surface area contributed by atoms with Crippen LogP contribution in [0.1, 0.15) is 0 Å². The van der Waals surface area contributed by atoms with Gasteiger partial charge in [-0.1, -0.05) is 84.4 Å². The molecule has 0 unspecified atom stereocenters. The first-order chi connectivity index (χ1) is 11.8. The third-order valence-corrected chi connectivity index (χ3v) is 4.82. The minimum absolute atomic E-state index is 0.729. The van der Waals surface area contributed by atoms with Gasteiger partial charge in [-0.3, -0.25) is 0 Å². The number of para-hydroxylation sites is 1. The Bertz CT molecular complexity index is 1200. The molecule has 0 aliphatic carbocycles. The molecule has 114 valence electrons. The zero-order chi connectivity index (χ0) is 16.1. The minimum atomic E-state index is 0.729. The molecule has 1 nitrogen and oxygen atoms in total. The van der Waals surface area contributed by atoms with Gasteiger partial charge in [-0.25, -0.2) is 0 Å². The lowest BCUT2D eigenvalue weighted by atomic mass is 10.0. The molecule has 5 rings (SSSR count). The molecule has 0 spiro atoms. The smallest absolute Gasteiger partial charge is 0.144 e. The highest BCUT2D eigenvalue weighted by atomic mass is 35.5. The van der Waals surface area contributed by atoms with Gasteiger partial charge in [-0.2, -0.15) is 0 Å². The van der Waals surface area contributed by atoms with E-state index in [1.807, 2.05) is 36.4 Å². The lowest BCUT2D eigenvalue weighted by Crippen LogP contribution is -1.77. The van der Waals surface area contributed by atoms with E-state index >= 15 is 0 Å². The summed E-state index contributed by atoms with van der Waals surface area (Å²) in [6.07, 6.45) is 0. The van der Waals surface area contributed by atoms with Gasteiger partial charge in [0.25, 0.3) is 0 Å². The van der Waals surface area contributed by atoms with Crippen LogP contribution in [0.4, 0.5) is 0 Å². The summed E-state index contributed by atoms with van der Waals surface area (Å²) in [6, 6.07) is 26.7. The first kappa shape index (κ1) is 13.6. The van der Waals surface area contributed by atoms with Crippen molar-refractivity contribution < 1.29 is 4.42 Å². The molecule has 0 aliphatic rings. The van der Waals surface area contributed by atoms with Crippen molar-refractivity contribution in [3.05, 3.63) is 83.9 Å². The Morgan fingerprint density at radius 1 is 0.667 bits per heavy atom. The van der Waals surface area contributed by atoms with E-state index in [0.29, 0.717) is 0 Å². The fourth-order valence-corrected chi connectivity index (χ4v) is 3.73. The zero-order valence-corrected chi connectivity index (χ0v) is 13.5. The van der Waals surface area contributed by atoms with E-state index in [1.165, 1.54) is 0 Å². The Balaban J connectivity index is 1.98. The average molecular weight is 329 g/mol. The van der Waals surface area contributed by atoms with Crippen molar-refractivity contribution in [2.75, 3.05) is 0 Å². The summed E-state index contributed by atoms with van der Waals surface area (Å²) in [7, 11) is 0. The zero-order valence-electron chi connectivity index (χ0n) is 12.8. The number of hydrogen-bond donors (Lipinski definition) is 0. The molecule has 0 saturated carbocycles. The lowest BCUT2D eigenvalue weighted by Gasteiger charge is -2.01. The number of furan rings is 1. The molecule has 0 atom stereocenters. The van der Waals surface area contributed by atoms with Crippen molar-refractivity contribution in [1.82, 2.24) is 0 Å².